The smallest absolute Gasteiger partial charge is 0.419 e. The van der Waals surface area contributed by atoms with Gasteiger partial charge in [0.2, 0.25) is 5.91 Å². The third kappa shape index (κ3) is 9.42. The lowest BCUT2D eigenvalue weighted by Crippen LogP contribution is -2.49. The van der Waals surface area contributed by atoms with Gasteiger partial charge < -0.3 is 15.2 Å². The molecule has 4 aromatic rings. The lowest BCUT2D eigenvalue weighted by atomic mass is 9.90. The van der Waals surface area contributed by atoms with Crippen molar-refractivity contribution in [2.24, 2.45) is 0 Å². The number of ether oxygens (including phenoxy) is 1. The zero-order valence-corrected chi connectivity index (χ0v) is 31.7. The van der Waals surface area contributed by atoms with Gasteiger partial charge in [0.15, 0.2) is 0 Å². The number of amides is 1. The molecule has 17 heteroatoms. The van der Waals surface area contributed by atoms with E-state index in [4.69, 9.17) is 4.74 Å². The zero-order valence-electron chi connectivity index (χ0n) is 30.1. The molecule has 0 spiro atoms. The number of aromatic nitrogens is 1. The monoisotopic (exact) mass is 857 g/mol. The van der Waals surface area contributed by atoms with Gasteiger partial charge in [-0.05, 0) is 79.3 Å². The molecule has 56 heavy (non-hydrogen) atoms. The largest absolute Gasteiger partial charge is 0.507 e. The molecule has 0 aliphatic carbocycles. The molecule has 300 valence electrons. The molecule has 3 aromatic carbocycles. The third-order valence-electron chi connectivity index (χ3n) is 9.42. The summed E-state index contributed by atoms with van der Waals surface area (Å²) in [6, 6.07) is 6.83. The van der Waals surface area contributed by atoms with E-state index in [1.165, 1.54) is 51.1 Å². The average Bonchev–Trinajstić information content (AvgIpc) is 3.08. The maximum absolute atomic E-state index is 16.2. The van der Waals surface area contributed by atoms with E-state index in [0.29, 0.717) is 26.7 Å². The van der Waals surface area contributed by atoms with Gasteiger partial charge in [-0.2, -0.15) is 26.3 Å². The topological polar surface area (TPSA) is 101 Å². The quantitative estimate of drug-likeness (QED) is 0.110. The van der Waals surface area contributed by atoms with E-state index in [1.54, 1.807) is 11.0 Å². The van der Waals surface area contributed by atoms with Crippen molar-refractivity contribution in [1.82, 2.24) is 14.8 Å². The summed E-state index contributed by atoms with van der Waals surface area (Å²) in [5.41, 5.74) is -5.32. The number of phenolic OH excluding ortho intramolecular Hbond substituents is 1. The van der Waals surface area contributed by atoms with Gasteiger partial charge in [-0.25, -0.2) is 8.78 Å². The third-order valence-corrected chi connectivity index (χ3v) is 9.91. The van der Waals surface area contributed by atoms with Crippen molar-refractivity contribution in [3.05, 3.63) is 120 Å². The Labute approximate surface area is 324 Å². The summed E-state index contributed by atoms with van der Waals surface area (Å²) in [5, 5.41) is 13.3. The fourth-order valence-electron chi connectivity index (χ4n) is 6.63. The van der Waals surface area contributed by atoms with Crippen LogP contribution in [0.1, 0.15) is 64.4 Å². The Morgan fingerprint density at radius 2 is 1.64 bits per heavy atom. The van der Waals surface area contributed by atoms with Gasteiger partial charge in [0, 0.05) is 47.5 Å². The first-order chi connectivity index (χ1) is 26.2. The number of carbonyl (C=O) groups excluding carboxylic acids is 2. The maximum Gasteiger partial charge on any atom is 0.419 e. The summed E-state index contributed by atoms with van der Waals surface area (Å²) in [4.78, 5) is 42.5. The Bertz CT molecular complexity index is 2180. The minimum atomic E-state index is -5.30. The number of hydrogen-bond acceptors (Lipinski definition) is 6. The molecule has 1 unspecified atom stereocenters. The van der Waals surface area contributed by atoms with Crippen LogP contribution in [0.4, 0.5) is 35.1 Å². The second-order valence-electron chi connectivity index (χ2n) is 13.4. The summed E-state index contributed by atoms with van der Waals surface area (Å²) in [5.74, 6) is -4.51. The normalized spacial score (nSPS) is 14.9. The molecule has 2 heterocycles. The van der Waals surface area contributed by atoms with Crippen molar-refractivity contribution in [2.45, 2.75) is 64.2 Å². The number of nitrogens with zero attached hydrogens (tertiary/aromatic N) is 2. The van der Waals surface area contributed by atoms with Crippen LogP contribution in [-0.2, 0) is 33.1 Å². The number of aryl methyl sites for hydroxylation is 2. The molecule has 2 atom stereocenters. The van der Waals surface area contributed by atoms with Crippen molar-refractivity contribution in [3.8, 4) is 16.9 Å². The summed E-state index contributed by atoms with van der Waals surface area (Å²) in [7, 11) is 0. The van der Waals surface area contributed by atoms with Crippen molar-refractivity contribution < 1.29 is 54.6 Å². The minimum absolute atomic E-state index is 0.00277. The van der Waals surface area contributed by atoms with Gasteiger partial charge in [-0.15, -0.1) is 0 Å². The van der Waals surface area contributed by atoms with Gasteiger partial charge in [-0.3, -0.25) is 23.9 Å². The summed E-state index contributed by atoms with van der Waals surface area (Å²) in [6.07, 6.45) is -11.8. The van der Waals surface area contributed by atoms with Crippen molar-refractivity contribution >= 4 is 27.8 Å². The first-order valence-corrected chi connectivity index (χ1v) is 18.1. The molecular weight excluding hydrogens is 822 g/mol. The number of hydrogen-bond donors (Lipinski definition) is 2. The number of phenols is 1. The molecule has 1 aromatic heterocycles. The predicted octanol–water partition coefficient (Wildman–Crippen LogP) is 8.37. The number of rotatable bonds is 12. The fourth-order valence-corrected chi connectivity index (χ4v) is 7.04. The minimum Gasteiger partial charge on any atom is -0.507 e. The Balaban J connectivity index is 1.69. The fraction of sp³-hybridized carbons (Fsp3) is 0.359. The number of nitrogens with one attached hydrogen (secondary N) is 1. The van der Waals surface area contributed by atoms with E-state index in [0.717, 1.165) is 12.3 Å². The number of carbonyl (C=O) groups is 2. The molecule has 1 amide bonds. The molecule has 0 saturated carbocycles. The highest BCUT2D eigenvalue weighted by atomic mass is 79.9. The van der Waals surface area contributed by atoms with Crippen LogP contribution in [0.3, 0.4) is 0 Å². The van der Waals surface area contributed by atoms with Crippen molar-refractivity contribution in [1.29, 1.82) is 0 Å². The van der Waals surface area contributed by atoms with E-state index >= 15 is 4.39 Å². The summed E-state index contributed by atoms with van der Waals surface area (Å²) < 4.78 is 122. The second kappa shape index (κ2) is 16.8. The Kier molecular flexibility index (Phi) is 12.7. The summed E-state index contributed by atoms with van der Waals surface area (Å²) in [6.45, 7) is 4.24. The number of aromatic hydroxyl groups is 1. The average molecular weight is 859 g/mol. The van der Waals surface area contributed by atoms with Crippen LogP contribution in [-0.4, -0.2) is 58.9 Å². The number of alkyl halides is 7. The Morgan fingerprint density at radius 3 is 2.25 bits per heavy atom. The highest BCUT2D eigenvalue weighted by Gasteiger charge is 2.40. The molecule has 1 fully saturated rings. The van der Waals surface area contributed by atoms with Gasteiger partial charge >= 0.3 is 18.3 Å². The van der Waals surface area contributed by atoms with Crippen molar-refractivity contribution in [3.63, 3.8) is 0 Å². The molecule has 2 N–H and O–H groups in total. The van der Waals surface area contributed by atoms with Crippen LogP contribution >= 0.6 is 15.9 Å². The van der Waals surface area contributed by atoms with Crippen LogP contribution in [0.2, 0.25) is 0 Å². The predicted molar refractivity (Wildman–Crippen MR) is 193 cm³/mol. The van der Waals surface area contributed by atoms with Crippen LogP contribution < -0.4 is 10.9 Å². The zero-order chi connectivity index (χ0) is 41.3. The molecular formula is C39H36BrF8N3O5. The first kappa shape index (κ1) is 42.4. The number of pyridine rings is 1. The van der Waals surface area contributed by atoms with E-state index in [2.05, 4.69) is 21.2 Å². The van der Waals surface area contributed by atoms with Crippen LogP contribution in [0.5, 0.6) is 5.75 Å². The Hall–Kier alpha value is -4.77. The lowest BCUT2D eigenvalue weighted by Gasteiger charge is -2.34. The number of esters is 1. The van der Waals surface area contributed by atoms with Gasteiger partial charge in [0.05, 0.1) is 30.2 Å². The van der Waals surface area contributed by atoms with Gasteiger partial charge in [0.1, 0.15) is 23.8 Å². The summed E-state index contributed by atoms with van der Waals surface area (Å²) >= 11 is 3.26. The molecule has 1 aliphatic heterocycles. The molecule has 1 saturated heterocycles. The van der Waals surface area contributed by atoms with E-state index in [1.807, 2.05) is 0 Å². The molecule has 0 radical (unpaired) electrons. The van der Waals surface area contributed by atoms with E-state index in [-0.39, 0.29) is 54.9 Å². The molecule has 8 nitrogen and oxygen atoms in total. The van der Waals surface area contributed by atoms with E-state index in [9.17, 15) is 50.2 Å². The Morgan fingerprint density at radius 1 is 0.982 bits per heavy atom. The lowest BCUT2D eigenvalue weighted by molar-refractivity contribution is -0.144. The highest BCUT2D eigenvalue weighted by molar-refractivity contribution is 9.10. The maximum atomic E-state index is 16.2. The second-order valence-corrected chi connectivity index (χ2v) is 14.4. The van der Waals surface area contributed by atoms with Gasteiger partial charge in [-0.1, -0.05) is 40.2 Å². The number of likely N-dealkylation sites (tertiary alicyclic amines) is 1. The molecule has 0 bridgehead atoms. The molecule has 5 rings (SSSR count). The highest BCUT2D eigenvalue weighted by Crippen LogP contribution is 2.42. The molecule has 1 aliphatic rings. The van der Waals surface area contributed by atoms with Crippen LogP contribution in [0.15, 0.2) is 70.1 Å². The van der Waals surface area contributed by atoms with Crippen molar-refractivity contribution in [2.75, 3.05) is 26.2 Å². The van der Waals surface area contributed by atoms with Crippen LogP contribution in [0, 0.1) is 19.7 Å². The SMILES string of the molecule is CCOC(=O)C[C@H](NC(=O)C(c1cccc(Br)c1)n1cc(CCN2CC(F)C2)c(C(F)(F)F)cc1=O)c1cc(-c2c(C)ccc(C)c2O)cc(C(F)(F)F)c1F. The van der Waals surface area contributed by atoms with Gasteiger partial charge in [0.25, 0.3) is 5.56 Å². The van der Waals surface area contributed by atoms with E-state index < -0.39 is 88.3 Å². The standard InChI is InChI=1S/C39H36BrF8N3O5/c1-4-56-32(53)16-30(27-13-24(14-29(34(27)42)39(46,47)48)33-20(2)8-9-21(3)36(33)54)49-37(55)35(22-6-5-7-25(40)12-22)51-17-23(10-11-50-18-26(41)19-50)28(15-31(51)52)38(43,44)45/h5-9,12-15,17,26,30,35,54H,4,10-11,16,18-19H2,1-3H3,(H,49,55)/t30-,35?/m0/s1. The first-order valence-electron chi connectivity index (χ1n) is 17.3. The number of halogens is 9. The number of benzene rings is 3. The van der Waals surface area contributed by atoms with Crippen LogP contribution in [0.25, 0.3) is 11.1 Å².